The molecule has 2 heterocycles. The van der Waals surface area contributed by atoms with E-state index in [1.54, 1.807) is 35.2 Å². The van der Waals surface area contributed by atoms with Gasteiger partial charge in [0, 0.05) is 31.2 Å². The quantitative estimate of drug-likeness (QED) is 0.752. The predicted molar refractivity (Wildman–Crippen MR) is 108 cm³/mol. The second-order valence-electron chi connectivity index (χ2n) is 6.85. The lowest BCUT2D eigenvalue weighted by Crippen LogP contribution is -2.36. The van der Waals surface area contributed by atoms with Crippen LogP contribution in [0.15, 0.2) is 67.0 Å². The van der Waals surface area contributed by atoms with Crippen molar-refractivity contribution in [3.63, 3.8) is 0 Å². The van der Waals surface area contributed by atoms with Gasteiger partial charge in [-0.2, -0.15) is 5.26 Å². The highest BCUT2D eigenvalue weighted by Crippen LogP contribution is 2.20. The summed E-state index contributed by atoms with van der Waals surface area (Å²) in [5.74, 6) is -0.499. The average molecular weight is 382 g/mol. The third-order valence-corrected chi connectivity index (χ3v) is 4.94. The number of carbonyl (C=O) groups is 2. The summed E-state index contributed by atoms with van der Waals surface area (Å²) < 4.78 is 0. The van der Waals surface area contributed by atoms with Crippen molar-refractivity contribution in [2.45, 2.75) is 13.0 Å². The van der Waals surface area contributed by atoms with Crippen molar-refractivity contribution in [2.24, 2.45) is 0 Å². The number of carbonyl (C=O) groups excluding carboxylic acids is 2. The van der Waals surface area contributed by atoms with Crippen LogP contribution in [0.25, 0.3) is 0 Å². The number of anilines is 1. The van der Waals surface area contributed by atoms with Crippen LogP contribution in [0.3, 0.4) is 0 Å². The van der Waals surface area contributed by atoms with E-state index in [9.17, 15) is 9.59 Å². The normalized spacial score (nSPS) is 12.6. The van der Waals surface area contributed by atoms with Gasteiger partial charge in [-0.05, 0) is 47.9 Å². The van der Waals surface area contributed by atoms with E-state index in [0.29, 0.717) is 35.5 Å². The third-order valence-electron chi connectivity index (χ3n) is 4.94. The topological polar surface area (TPSA) is 86.1 Å². The summed E-state index contributed by atoms with van der Waals surface area (Å²) in [5.41, 5.74) is 4.19. The van der Waals surface area contributed by atoms with Crippen molar-refractivity contribution >= 4 is 17.5 Å². The molecule has 6 heteroatoms. The first-order valence-electron chi connectivity index (χ1n) is 9.26. The van der Waals surface area contributed by atoms with Crippen LogP contribution in [-0.4, -0.2) is 28.2 Å². The number of nitriles is 1. The van der Waals surface area contributed by atoms with Crippen molar-refractivity contribution in [3.8, 4) is 6.07 Å². The molecule has 0 atom stereocenters. The SMILES string of the molecule is N#Cc1ccc(NC(=O)c2cncc(C(=O)N3CCc4ccccc4C3)c2)cc1. The van der Waals surface area contributed by atoms with Gasteiger partial charge < -0.3 is 10.2 Å². The predicted octanol–water partition coefficient (Wildman–Crippen LogP) is 3.40. The molecule has 0 aliphatic carbocycles. The minimum absolute atomic E-state index is 0.139. The fraction of sp³-hybridized carbons (Fsp3) is 0.130. The molecule has 1 aliphatic heterocycles. The number of fused-ring (bicyclic) bond motifs is 1. The molecule has 142 valence electrons. The summed E-state index contributed by atoms with van der Waals surface area (Å²) in [6, 6.07) is 18.3. The second kappa shape index (κ2) is 7.95. The highest BCUT2D eigenvalue weighted by Gasteiger charge is 2.22. The smallest absolute Gasteiger partial charge is 0.257 e. The van der Waals surface area contributed by atoms with Gasteiger partial charge in [0.15, 0.2) is 0 Å². The second-order valence-corrected chi connectivity index (χ2v) is 6.85. The Bertz CT molecular complexity index is 1120. The molecule has 2 aromatic carbocycles. The minimum atomic E-state index is -0.360. The van der Waals surface area contributed by atoms with Crippen molar-refractivity contribution in [2.75, 3.05) is 11.9 Å². The molecule has 0 saturated carbocycles. The number of nitrogens with one attached hydrogen (secondary N) is 1. The van der Waals surface area contributed by atoms with Crippen LogP contribution in [0, 0.1) is 11.3 Å². The highest BCUT2D eigenvalue weighted by atomic mass is 16.2. The van der Waals surface area contributed by atoms with Crippen LogP contribution in [0.1, 0.15) is 37.4 Å². The lowest BCUT2D eigenvalue weighted by molar-refractivity contribution is 0.0734. The van der Waals surface area contributed by atoms with Crippen molar-refractivity contribution in [3.05, 3.63) is 94.8 Å². The fourth-order valence-electron chi connectivity index (χ4n) is 3.36. The van der Waals surface area contributed by atoms with Crippen molar-refractivity contribution in [1.29, 1.82) is 5.26 Å². The summed E-state index contributed by atoms with van der Waals surface area (Å²) in [6.07, 6.45) is 3.73. The van der Waals surface area contributed by atoms with Gasteiger partial charge in [-0.15, -0.1) is 0 Å². The Balaban J connectivity index is 1.48. The van der Waals surface area contributed by atoms with Crippen LogP contribution in [0.2, 0.25) is 0 Å². The first-order valence-corrected chi connectivity index (χ1v) is 9.26. The number of amides is 2. The zero-order valence-corrected chi connectivity index (χ0v) is 15.6. The minimum Gasteiger partial charge on any atom is -0.334 e. The summed E-state index contributed by atoms with van der Waals surface area (Å²) >= 11 is 0. The summed E-state index contributed by atoms with van der Waals surface area (Å²) in [7, 11) is 0. The molecule has 0 unspecified atom stereocenters. The Morgan fingerprint density at radius 3 is 2.48 bits per heavy atom. The van der Waals surface area contributed by atoms with Crippen LogP contribution >= 0.6 is 0 Å². The largest absolute Gasteiger partial charge is 0.334 e. The zero-order valence-electron chi connectivity index (χ0n) is 15.6. The van der Waals surface area contributed by atoms with Gasteiger partial charge >= 0.3 is 0 Å². The Hall–Kier alpha value is -3.98. The van der Waals surface area contributed by atoms with Crippen LogP contribution in [0.4, 0.5) is 5.69 Å². The molecule has 0 saturated heterocycles. The number of hydrogen-bond donors (Lipinski definition) is 1. The highest BCUT2D eigenvalue weighted by molar-refractivity contribution is 6.05. The van der Waals surface area contributed by atoms with E-state index in [0.717, 1.165) is 12.0 Å². The molecule has 0 radical (unpaired) electrons. The first-order chi connectivity index (χ1) is 14.1. The van der Waals surface area contributed by atoms with E-state index in [1.165, 1.54) is 18.0 Å². The standard InChI is InChI=1S/C23H18N4O2/c24-12-16-5-7-21(8-6-16)26-22(28)19-11-20(14-25-13-19)23(29)27-10-9-17-3-1-2-4-18(17)15-27/h1-8,11,13-14H,9-10,15H2,(H,26,28). The maximum Gasteiger partial charge on any atom is 0.257 e. The lowest BCUT2D eigenvalue weighted by atomic mass is 9.99. The molecule has 0 spiro atoms. The van der Waals surface area contributed by atoms with Crippen LogP contribution in [-0.2, 0) is 13.0 Å². The van der Waals surface area contributed by atoms with Gasteiger partial charge in [-0.1, -0.05) is 24.3 Å². The van der Waals surface area contributed by atoms with Gasteiger partial charge in [-0.25, -0.2) is 0 Å². The van der Waals surface area contributed by atoms with Gasteiger partial charge in [0.25, 0.3) is 11.8 Å². The van der Waals surface area contributed by atoms with Crippen molar-refractivity contribution in [1.82, 2.24) is 9.88 Å². The molecule has 1 N–H and O–H groups in total. The average Bonchev–Trinajstić information content (AvgIpc) is 2.79. The first kappa shape index (κ1) is 18.4. The number of aromatic nitrogens is 1. The Kier molecular flexibility index (Phi) is 5.04. The van der Waals surface area contributed by atoms with Gasteiger partial charge in [0.2, 0.25) is 0 Å². The molecule has 29 heavy (non-hydrogen) atoms. The molecule has 2 amide bonds. The molecule has 6 nitrogen and oxygen atoms in total. The van der Waals surface area contributed by atoms with Crippen LogP contribution in [0.5, 0.6) is 0 Å². The lowest BCUT2D eigenvalue weighted by Gasteiger charge is -2.28. The summed E-state index contributed by atoms with van der Waals surface area (Å²) in [4.78, 5) is 31.3. The van der Waals surface area contributed by atoms with E-state index in [2.05, 4.69) is 16.4 Å². The molecular formula is C23H18N4O2. The Morgan fingerprint density at radius 1 is 1.00 bits per heavy atom. The number of benzene rings is 2. The monoisotopic (exact) mass is 382 g/mol. The zero-order chi connectivity index (χ0) is 20.2. The molecule has 1 aromatic heterocycles. The van der Waals surface area contributed by atoms with E-state index >= 15 is 0 Å². The van der Waals surface area contributed by atoms with Gasteiger partial charge in [0.05, 0.1) is 22.8 Å². The third kappa shape index (κ3) is 3.99. The molecule has 1 aliphatic rings. The Morgan fingerprint density at radius 2 is 1.72 bits per heavy atom. The number of nitrogens with zero attached hydrogens (tertiary/aromatic N) is 3. The van der Waals surface area contributed by atoms with E-state index in [-0.39, 0.29) is 11.8 Å². The molecule has 0 fully saturated rings. The number of pyridine rings is 1. The summed E-state index contributed by atoms with van der Waals surface area (Å²) in [6.45, 7) is 1.19. The molecule has 3 aromatic rings. The van der Waals surface area contributed by atoms with E-state index < -0.39 is 0 Å². The maximum atomic E-state index is 12.9. The molecular weight excluding hydrogens is 364 g/mol. The summed E-state index contributed by atoms with van der Waals surface area (Å²) in [5, 5.41) is 11.6. The van der Waals surface area contributed by atoms with Gasteiger partial charge in [-0.3, -0.25) is 14.6 Å². The molecule has 4 rings (SSSR count). The number of rotatable bonds is 3. The van der Waals surface area contributed by atoms with Gasteiger partial charge in [0.1, 0.15) is 0 Å². The maximum absolute atomic E-state index is 12.9. The van der Waals surface area contributed by atoms with E-state index in [4.69, 9.17) is 5.26 Å². The fourth-order valence-corrected chi connectivity index (χ4v) is 3.36. The van der Waals surface area contributed by atoms with E-state index in [1.807, 2.05) is 24.3 Å². The number of hydrogen-bond acceptors (Lipinski definition) is 4. The Labute approximate surface area is 168 Å². The van der Waals surface area contributed by atoms with Crippen LogP contribution < -0.4 is 5.32 Å². The molecule has 0 bridgehead atoms. The van der Waals surface area contributed by atoms with Crippen molar-refractivity contribution < 1.29 is 9.59 Å².